The Labute approximate surface area is 220 Å². The number of carbonyl (C=O) groups is 1. The molecule has 0 aliphatic carbocycles. The first-order chi connectivity index (χ1) is 18.1. The van der Waals surface area contributed by atoms with Gasteiger partial charge in [-0.1, -0.05) is 43.3 Å². The number of carbonyl (C=O) groups excluding carboxylic acids is 1. The number of aromatic nitrogens is 1. The van der Waals surface area contributed by atoms with Gasteiger partial charge in [0.05, 0.1) is 11.3 Å². The fraction of sp³-hybridized carbons (Fsp3) is 0.433. The Balaban J connectivity index is 1.14. The van der Waals surface area contributed by atoms with Gasteiger partial charge >= 0.3 is 0 Å². The molecule has 196 valence electrons. The molecule has 5 rings (SSSR count). The second-order valence-electron chi connectivity index (χ2n) is 9.86. The zero-order valence-corrected chi connectivity index (χ0v) is 22.0. The number of benzene rings is 2. The van der Waals surface area contributed by atoms with Crippen molar-refractivity contribution >= 4 is 11.6 Å². The zero-order chi connectivity index (χ0) is 25.6. The number of hydrogen-bond acceptors (Lipinski definition) is 5. The van der Waals surface area contributed by atoms with Crippen LogP contribution in [0.3, 0.4) is 0 Å². The van der Waals surface area contributed by atoms with Crippen LogP contribution < -0.4 is 14.4 Å². The van der Waals surface area contributed by atoms with Crippen LogP contribution in [0.1, 0.15) is 35.8 Å². The van der Waals surface area contributed by atoms with Gasteiger partial charge < -0.3 is 24.3 Å². The molecule has 0 radical (unpaired) electrons. The van der Waals surface area contributed by atoms with Crippen molar-refractivity contribution in [2.45, 2.75) is 26.7 Å². The molecule has 0 bridgehead atoms. The van der Waals surface area contributed by atoms with Crippen LogP contribution in [-0.2, 0) is 0 Å². The molecular formula is C30H38N4O3. The van der Waals surface area contributed by atoms with Gasteiger partial charge in [-0.3, -0.25) is 9.69 Å². The number of aryl methyl sites for hydroxylation is 1. The van der Waals surface area contributed by atoms with Gasteiger partial charge in [0.25, 0.3) is 5.91 Å². The lowest BCUT2D eigenvalue weighted by atomic mass is 10.1. The number of aromatic amines is 1. The first-order valence-corrected chi connectivity index (χ1v) is 13.5. The molecule has 0 spiro atoms. The molecule has 0 saturated carbocycles. The number of H-pyrrole nitrogens is 1. The smallest absolute Gasteiger partial charge is 0.255 e. The maximum atomic E-state index is 13.5. The van der Waals surface area contributed by atoms with Crippen molar-refractivity contribution in [1.29, 1.82) is 0 Å². The van der Waals surface area contributed by atoms with Crippen LogP contribution in [0.4, 0.5) is 5.69 Å². The fourth-order valence-electron chi connectivity index (χ4n) is 5.31. The Morgan fingerprint density at radius 3 is 2.54 bits per heavy atom. The average molecular weight is 503 g/mol. The van der Waals surface area contributed by atoms with Gasteiger partial charge in [-0.15, -0.1) is 0 Å². The third kappa shape index (κ3) is 5.77. The van der Waals surface area contributed by atoms with Crippen LogP contribution >= 0.6 is 0 Å². The highest BCUT2D eigenvalue weighted by atomic mass is 16.6. The standard InChI is InChI=1S/C30H38N4O3/c1-3-13-34(30(35)25-22-26(31-23(25)2)24-9-5-4-6-10-24)15-8-14-32-16-18-33(19-17-32)27-11-7-12-28-29(27)37-21-20-36-28/h4-7,9-12,22,31H,3,8,13-21H2,1-2H3. The fourth-order valence-corrected chi connectivity index (χ4v) is 5.31. The van der Waals surface area contributed by atoms with E-state index in [-0.39, 0.29) is 5.91 Å². The number of fused-ring (bicyclic) bond motifs is 1. The molecule has 0 unspecified atom stereocenters. The maximum Gasteiger partial charge on any atom is 0.255 e. The van der Waals surface area contributed by atoms with Crippen molar-refractivity contribution in [2.24, 2.45) is 0 Å². The van der Waals surface area contributed by atoms with E-state index in [4.69, 9.17) is 9.47 Å². The van der Waals surface area contributed by atoms with Crippen LogP contribution in [0.5, 0.6) is 11.5 Å². The van der Waals surface area contributed by atoms with E-state index in [2.05, 4.69) is 39.9 Å². The molecule has 2 aromatic carbocycles. The van der Waals surface area contributed by atoms with Crippen molar-refractivity contribution in [3.8, 4) is 22.8 Å². The van der Waals surface area contributed by atoms with Crippen molar-refractivity contribution in [3.05, 3.63) is 65.9 Å². The Hall–Kier alpha value is -3.45. The van der Waals surface area contributed by atoms with Crippen LogP contribution in [0.2, 0.25) is 0 Å². The van der Waals surface area contributed by atoms with E-state index in [1.54, 1.807) is 0 Å². The Morgan fingerprint density at radius 2 is 1.76 bits per heavy atom. The first-order valence-electron chi connectivity index (χ1n) is 13.5. The van der Waals surface area contributed by atoms with E-state index < -0.39 is 0 Å². The number of rotatable bonds is 9. The van der Waals surface area contributed by atoms with Crippen molar-refractivity contribution in [1.82, 2.24) is 14.8 Å². The molecule has 7 nitrogen and oxygen atoms in total. The minimum atomic E-state index is 0.124. The van der Waals surface area contributed by atoms with Gasteiger partial charge in [0, 0.05) is 50.7 Å². The summed E-state index contributed by atoms with van der Waals surface area (Å²) in [5.41, 5.74) is 4.93. The highest BCUT2D eigenvalue weighted by molar-refractivity contribution is 5.96. The highest BCUT2D eigenvalue weighted by Gasteiger charge is 2.24. The molecule has 3 aromatic rings. The van der Waals surface area contributed by atoms with E-state index in [1.165, 1.54) is 0 Å². The number of piperazine rings is 1. The van der Waals surface area contributed by atoms with Crippen molar-refractivity contribution < 1.29 is 14.3 Å². The van der Waals surface area contributed by atoms with Gasteiger partial charge in [0.2, 0.25) is 0 Å². The lowest BCUT2D eigenvalue weighted by molar-refractivity contribution is 0.0746. The normalized spacial score (nSPS) is 15.6. The Kier molecular flexibility index (Phi) is 7.99. The Morgan fingerprint density at radius 1 is 0.973 bits per heavy atom. The second kappa shape index (κ2) is 11.7. The molecule has 0 atom stereocenters. The van der Waals surface area contributed by atoms with Crippen molar-refractivity contribution in [2.75, 3.05) is 63.9 Å². The molecular weight excluding hydrogens is 464 g/mol. The summed E-state index contributed by atoms with van der Waals surface area (Å²) in [5.74, 6) is 1.85. The zero-order valence-electron chi connectivity index (χ0n) is 22.0. The van der Waals surface area contributed by atoms with Gasteiger partial charge in [-0.2, -0.15) is 0 Å². The highest BCUT2D eigenvalue weighted by Crippen LogP contribution is 2.39. The first kappa shape index (κ1) is 25.2. The Bertz CT molecular complexity index is 1180. The molecule has 2 aliphatic rings. The summed E-state index contributed by atoms with van der Waals surface area (Å²) in [4.78, 5) is 23.8. The summed E-state index contributed by atoms with van der Waals surface area (Å²) < 4.78 is 11.7. The summed E-state index contributed by atoms with van der Waals surface area (Å²) in [6.07, 6.45) is 1.92. The van der Waals surface area contributed by atoms with E-state index in [1.807, 2.05) is 48.2 Å². The molecule has 1 N–H and O–H groups in total. The van der Waals surface area contributed by atoms with Crippen LogP contribution in [0.15, 0.2) is 54.6 Å². The summed E-state index contributed by atoms with van der Waals surface area (Å²) in [6, 6.07) is 18.3. The molecule has 7 heteroatoms. The number of ether oxygens (including phenoxy) is 2. The van der Waals surface area contributed by atoms with E-state index in [9.17, 15) is 4.79 Å². The predicted octanol–water partition coefficient (Wildman–Crippen LogP) is 4.83. The second-order valence-corrected chi connectivity index (χ2v) is 9.86. The van der Waals surface area contributed by atoms with Gasteiger partial charge in [-0.25, -0.2) is 0 Å². The molecule has 1 fully saturated rings. The lowest BCUT2D eigenvalue weighted by Gasteiger charge is -2.37. The van der Waals surface area contributed by atoms with Gasteiger partial charge in [0.15, 0.2) is 11.5 Å². The number of hydrogen-bond donors (Lipinski definition) is 1. The van der Waals surface area contributed by atoms with E-state index >= 15 is 0 Å². The average Bonchev–Trinajstić information content (AvgIpc) is 3.34. The largest absolute Gasteiger partial charge is 0.486 e. The minimum Gasteiger partial charge on any atom is -0.486 e. The third-order valence-corrected chi connectivity index (χ3v) is 7.27. The van der Waals surface area contributed by atoms with E-state index in [0.29, 0.717) is 13.2 Å². The quantitative estimate of drug-likeness (QED) is 0.454. The SMILES string of the molecule is CCCN(CCCN1CCN(c2cccc3c2OCCO3)CC1)C(=O)c1cc(-c2ccccc2)[nH]c1C. The van der Waals surface area contributed by atoms with Crippen LogP contribution in [-0.4, -0.2) is 79.7 Å². The molecule has 2 aliphatic heterocycles. The maximum absolute atomic E-state index is 13.5. The van der Waals surface area contributed by atoms with Gasteiger partial charge in [0.1, 0.15) is 13.2 Å². The molecule has 3 heterocycles. The number of anilines is 1. The number of amides is 1. The minimum absolute atomic E-state index is 0.124. The lowest BCUT2D eigenvalue weighted by Crippen LogP contribution is -2.47. The predicted molar refractivity (Wildman–Crippen MR) is 148 cm³/mol. The topological polar surface area (TPSA) is 61.0 Å². The summed E-state index contributed by atoms with van der Waals surface area (Å²) in [5, 5.41) is 0. The number of nitrogens with one attached hydrogen (secondary N) is 1. The molecule has 1 amide bonds. The molecule has 1 aromatic heterocycles. The van der Waals surface area contributed by atoms with Crippen molar-refractivity contribution in [3.63, 3.8) is 0 Å². The number of nitrogens with zero attached hydrogens (tertiary/aromatic N) is 3. The molecule has 1 saturated heterocycles. The monoisotopic (exact) mass is 502 g/mol. The summed E-state index contributed by atoms with van der Waals surface area (Å²) in [6.45, 7) is 11.8. The van der Waals surface area contributed by atoms with Gasteiger partial charge in [-0.05, 0) is 50.1 Å². The van der Waals surface area contributed by atoms with Crippen LogP contribution in [0.25, 0.3) is 11.3 Å². The molecule has 37 heavy (non-hydrogen) atoms. The number of para-hydroxylation sites is 1. The van der Waals surface area contributed by atoms with E-state index in [0.717, 1.165) is 98.4 Å². The summed E-state index contributed by atoms with van der Waals surface area (Å²) in [7, 11) is 0. The summed E-state index contributed by atoms with van der Waals surface area (Å²) >= 11 is 0. The van der Waals surface area contributed by atoms with Crippen LogP contribution in [0, 0.1) is 6.92 Å². The third-order valence-electron chi connectivity index (χ3n) is 7.27.